The number of aliphatic hydroxyl groups is 1. The van der Waals surface area contributed by atoms with E-state index in [-0.39, 0.29) is 11.3 Å². The maximum absolute atomic E-state index is 13.8. The predicted molar refractivity (Wildman–Crippen MR) is 129 cm³/mol. The molecule has 0 saturated carbocycles. The Morgan fingerprint density at radius 1 is 1.19 bits per heavy atom. The number of carbonyl (C=O) groups is 2. The highest BCUT2D eigenvalue weighted by atomic mass is 35.5. The summed E-state index contributed by atoms with van der Waals surface area (Å²) in [5.74, 6) is -0.973. The number of hydrogen-bond donors (Lipinski definition) is 1. The highest BCUT2D eigenvalue weighted by molar-refractivity contribution is 7.80. The molecule has 0 spiro atoms. The van der Waals surface area contributed by atoms with Crippen LogP contribution in [0.5, 0.6) is 0 Å². The summed E-state index contributed by atoms with van der Waals surface area (Å²) >= 11 is 11.3. The number of ether oxygens (including phenoxy) is 1. The van der Waals surface area contributed by atoms with Crippen LogP contribution in [0.2, 0.25) is 5.02 Å². The number of anilines is 1. The Morgan fingerprint density at radius 2 is 1.78 bits per heavy atom. The fourth-order valence-electron chi connectivity index (χ4n) is 3.72. The van der Waals surface area contributed by atoms with E-state index in [1.54, 1.807) is 20.8 Å². The van der Waals surface area contributed by atoms with Gasteiger partial charge in [-0.2, -0.15) is 18.4 Å². The molecule has 0 aromatic heterocycles. The van der Waals surface area contributed by atoms with Gasteiger partial charge in [-0.1, -0.05) is 23.7 Å². The molecule has 1 fully saturated rings. The molecule has 2 aromatic carbocycles. The van der Waals surface area contributed by atoms with E-state index in [2.05, 4.69) is 0 Å². The lowest BCUT2D eigenvalue weighted by Crippen LogP contribution is -2.55. The van der Waals surface area contributed by atoms with Gasteiger partial charge in [0.25, 0.3) is 5.91 Å². The van der Waals surface area contributed by atoms with E-state index in [4.69, 9.17) is 33.8 Å². The lowest BCUT2D eigenvalue weighted by atomic mass is 9.88. The van der Waals surface area contributed by atoms with Gasteiger partial charge >= 0.3 is 12.3 Å². The highest BCUT2D eigenvalue weighted by Gasteiger charge is 2.61. The van der Waals surface area contributed by atoms with Crippen molar-refractivity contribution in [2.24, 2.45) is 0 Å². The molecule has 1 saturated heterocycles. The topological polar surface area (TPSA) is 93.9 Å². The van der Waals surface area contributed by atoms with E-state index in [0.717, 1.165) is 21.9 Å². The Hall–Kier alpha value is -3.20. The maximum Gasteiger partial charge on any atom is 0.417 e. The number of amides is 2. The largest absolute Gasteiger partial charge is 0.443 e. The van der Waals surface area contributed by atoms with Crippen LogP contribution in [0.3, 0.4) is 0 Å². The molecule has 1 aliphatic heterocycles. The second-order valence-corrected chi connectivity index (χ2v) is 9.98. The normalized spacial score (nSPS) is 19.3. The van der Waals surface area contributed by atoms with Gasteiger partial charge in [-0.25, -0.2) is 9.69 Å². The van der Waals surface area contributed by atoms with E-state index in [1.807, 2.05) is 0 Å². The van der Waals surface area contributed by atoms with Crippen molar-refractivity contribution in [2.45, 2.75) is 51.1 Å². The van der Waals surface area contributed by atoms with Crippen LogP contribution in [0.1, 0.15) is 50.5 Å². The Bertz CT molecular complexity index is 1270. The average molecular weight is 540 g/mol. The van der Waals surface area contributed by atoms with Gasteiger partial charge in [0.05, 0.1) is 22.9 Å². The standard InChI is InChI=1S/C24H21ClF3N3O4S/c1-22(2,3)35-21(34)31-20(36)30(16-10-7-14(12-29)17(11-16)24(26,27)28)19(33)23(31,4)18(32)13-5-8-15(25)9-6-13/h5-11,18,32H,1-4H3/t18-,23+/m0/s1. The third-order valence-electron chi connectivity index (χ3n) is 5.46. The van der Waals surface area contributed by atoms with Gasteiger partial charge in [-0.05, 0) is 75.8 Å². The van der Waals surface area contributed by atoms with Gasteiger partial charge in [-0.15, -0.1) is 0 Å². The van der Waals surface area contributed by atoms with Crippen molar-refractivity contribution in [3.8, 4) is 6.07 Å². The molecule has 3 rings (SSSR count). The molecule has 0 radical (unpaired) electrons. The van der Waals surface area contributed by atoms with Gasteiger partial charge in [-0.3, -0.25) is 9.69 Å². The van der Waals surface area contributed by atoms with E-state index >= 15 is 0 Å². The minimum Gasteiger partial charge on any atom is -0.443 e. The van der Waals surface area contributed by atoms with Crippen LogP contribution in [0.25, 0.3) is 0 Å². The fraction of sp³-hybridized carbons (Fsp3) is 0.333. The first-order valence-electron chi connectivity index (χ1n) is 10.5. The molecular weight excluding hydrogens is 519 g/mol. The number of aliphatic hydroxyl groups excluding tert-OH is 1. The van der Waals surface area contributed by atoms with Crippen LogP contribution in [-0.4, -0.2) is 38.3 Å². The molecular formula is C24H21ClF3N3O4S. The van der Waals surface area contributed by atoms with Crippen molar-refractivity contribution in [1.82, 2.24) is 4.90 Å². The summed E-state index contributed by atoms with van der Waals surface area (Å²) < 4.78 is 46.2. The molecule has 0 bridgehead atoms. The first kappa shape index (κ1) is 27.4. The minimum atomic E-state index is -4.90. The average Bonchev–Trinajstić information content (AvgIpc) is 2.97. The van der Waals surface area contributed by atoms with Crippen LogP contribution < -0.4 is 4.90 Å². The molecule has 0 unspecified atom stereocenters. The quantitative estimate of drug-likeness (QED) is 0.511. The van der Waals surface area contributed by atoms with Gasteiger partial charge in [0.15, 0.2) is 10.7 Å². The minimum absolute atomic E-state index is 0.198. The summed E-state index contributed by atoms with van der Waals surface area (Å²) in [6.45, 7) is 5.96. The summed E-state index contributed by atoms with van der Waals surface area (Å²) in [6.07, 6.45) is -7.65. The zero-order valence-corrected chi connectivity index (χ0v) is 21.1. The van der Waals surface area contributed by atoms with Gasteiger partial charge in [0.1, 0.15) is 11.7 Å². The second-order valence-electron chi connectivity index (χ2n) is 9.18. The molecule has 36 heavy (non-hydrogen) atoms. The third kappa shape index (κ3) is 4.89. The van der Waals surface area contributed by atoms with Crippen LogP contribution in [-0.2, 0) is 15.7 Å². The Labute approximate surface area is 215 Å². The predicted octanol–water partition coefficient (Wildman–Crippen LogP) is 5.59. The van der Waals surface area contributed by atoms with E-state index in [1.165, 1.54) is 37.3 Å². The van der Waals surface area contributed by atoms with Crippen LogP contribution >= 0.6 is 23.8 Å². The summed E-state index contributed by atoms with van der Waals surface area (Å²) in [5, 5.41) is 20.2. The fourth-order valence-corrected chi connectivity index (χ4v) is 4.30. The van der Waals surface area contributed by atoms with E-state index in [0.29, 0.717) is 11.1 Å². The lowest BCUT2D eigenvalue weighted by Gasteiger charge is -2.36. The monoisotopic (exact) mass is 539 g/mol. The second kappa shape index (κ2) is 9.35. The van der Waals surface area contributed by atoms with Gasteiger partial charge in [0, 0.05) is 5.02 Å². The van der Waals surface area contributed by atoms with Crippen molar-refractivity contribution >= 4 is 46.6 Å². The summed E-state index contributed by atoms with van der Waals surface area (Å²) in [6, 6.07) is 9.87. The van der Waals surface area contributed by atoms with Crippen LogP contribution in [0.4, 0.5) is 23.7 Å². The smallest absolute Gasteiger partial charge is 0.417 e. The number of nitrogens with zero attached hydrogens (tertiary/aromatic N) is 3. The molecule has 0 aliphatic carbocycles. The van der Waals surface area contributed by atoms with E-state index in [9.17, 15) is 27.9 Å². The van der Waals surface area contributed by atoms with Crippen molar-refractivity contribution in [2.75, 3.05) is 4.90 Å². The highest BCUT2D eigenvalue weighted by Crippen LogP contribution is 2.43. The van der Waals surface area contributed by atoms with Gasteiger partial charge < -0.3 is 9.84 Å². The van der Waals surface area contributed by atoms with Crippen molar-refractivity contribution in [3.05, 3.63) is 64.2 Å². The Balaban J connectivity index is 2.20. The lowest BCUT2D eigenvalue weighted by molar-refractivity contribution is -0.137. The number of hydrogen-bond acceptors (Lipinski definition) is 6. The molecule has 12 heteroatoms. The summed E-state index contributed by atoms with van der Waals surface area (Å²) in [7, 11) is 0. The van der Waals surface area contributed by atoms with Crippen molar-refractivity contribution in [1.29, 1.82) is 5.26 Å². The molecule has 1 N–H and O–H groups in total. The van der Waals surface area contributed by atoms with Crippen molar-refractivity contribution < 1.29 is 32.6 Å². The van der Waals surface area contributed by atoms with Crippen molar-refractivity contribution in [3.63, 3.8) is 0 Å². The number of carbonyl (C=O) groups excluding carboxylic acids is 2. The SMILES string of the molecule is CC(C)(C)OC(=O)N1C(=S)N(c2ccc(C#N)c(C(F)(F)F)c2)C(=O)[C@@]1(C)[C@@H](O)c1ccc(Cl)cc1. The number of rotatable bonds is 3. The summed E-state index contributed by atoms with van der Waals surface area (Å²) in [5.41, 5.74) is -5.20. The molecule has 2 amide bonds. The van der Waals surface area contributed by atoms with E-state index < -0.39 is 51.7 Å². The number of alkyl halides is 3. The first-order chi connectivity index (χ1) is 16.5. The maximum atomic E-state index is 13.8. The molecule has 7 nitrogen and oxygen atoms in total. The number of nitriles is 1. The first-order valence-corrected chi connectivity index (χ1v) is 11.3. The zero-order chi connectivity index (χ0) is 27.2. The number of halogens is 4. The Morgan fingerprint density at radius 3 is 2.28 bits per heavy atom. The third-order valence-corrected chi connectivity index (χ3v) is 6.08. The van der Waals surface area contributed by atoms with Crippen LogP contribution in [0, 0.1) is 11.3 Å². The molecule has 1 aliphatic rings. The molecule has 1 heterocycles. The number of benzene rings is 2. The number of thiocarbonyl (C=S) groups is 1. The molecule has 2 aromatic rings. The Kier molecular flexibility index (Phi) is 7.11. The van der Waals surface area contributed by atoms with Crippen LogP contribution in [0.15, 0.2) is 42.5 Å². The van der Waals surface area contributed by atoms with Gasteiger partial charge in [0.2, 0.25) is 0 Å². The zero-order valence-electron chi connectivity index (χ0n) is 19.6. The molecule has 190 valence electrons. The molecule has 2 atom stereocenters. The summed E-state index contributed by atoms with van der Waals surface area (Å²) in [4.78, 5) is 28.4.